The number of halogens is 2. The largest absolute Gasteiger partial charge is 0.252 e. The van der Waals surface area contributed by atoms with Gasteiger partial charge < -0.3 is 0 Å². The van der Waals surface area contributed by atoms with Crippen molar-refractivity contribution in [1.29, 1.82) is 0 Å². The summed E-state index contributed by atoms with van der Waals surface area (Å²) in [4.78, 5) is -0.748. The molecule has 11 heteroatoms. The van der Waals surface area contributed by atoms with E-state index in [1.54, 1.807) is 11.4 Å². The van der Waals surface area contributed by atoms with Crippen molar-refractivity contribution in [2.24, 2.45) is 0 Å². The van der Waals surface area contributed by atoms with Crippen molar-refractivity contribution in [1.82, 2.24) is 8.61 Å². The fraction of sp³-hybridized carbons (Fsp3) is 0.286. The number of piperazine rings is 1. The Morgan fingerprint density at radius 1 is 0.880 bits per heavy atom. The van der Waals surface area contributed by atoms with Gasteiger partial charge in [0.05, 0.1) is 0 Å². The van der Waals surface area contributed by atoms with Gasteiger partial charge in [-0.2, -0.15) is 8.61 Å². The molecule has 25 heavy (non-hydrogen) atoms. The fourth-order valence-corrected chi connectivity index (χ4v) is 6.57. The summed E-state index contributed by atoms with van der Waals surface area (Å²) in [5.41, 5.74) is 0. The number of hydrogen-bond acceptors (Lipinski definition) is 5. The molecule has 1 aromatic heterocycles. The van der Waals surface area contributed by atoms with Gasteiger partial charge >= 0.3 is 0 Å². The van der Waals surface area contributed by atoms with Gasteiger partial charge in [0, 0.05) is 26.2 Å². The zero-order valence-corrected chi connectivity index (χ0v) is 15.3. The third-order valence-corrected chi connectivity index (χ3v) is 8.98. The summed E-state index contributed by atoms with van der Waals surface area (Å²) in [5, 5.41) is 1.64. The molecule has 1 saturated heterocycles. The highest BCUT2D eigenvalue weighted by molar-refractivity contribution is 7.91. The van der Waals surface area contributed by atoms with Crippen LogP contribution in [-0.2, 0) is 20.0 Å². The second-order valence-corrected chi connectivity index (χ2v) is 10.3. The minimum atomic E-state index is -4.24. The van der Waals surface area contributed by atoms with Crippen molar-refractivity contribution >= 4 is 31.4 Å². The summed E-state index contributed by atoms with van der Waals surface area (Å²) in [5.74, 6) is -1.91. The molecule has 0 spiro atoms. The molecule has 1 aromatic carbocycles. The lowest BCUT2D eigenvalue weighted by Crippen LogP contribution is -2.50. The van der Waals surface area contributed by atoms with Crippen LogP contribution in [0.3, 0.4) is 0 Å². The quantitative estimate of drug-likeness (QED) is 0.772. The van der Waals surface area contributed by atoms with Crippen molar-refractivity contribution in [2.45, 2.75) is 9.10 Å². The molecule has 1 fully saturated rings. The van der Waals surface area contributed by atoms with Crippen molar-refractivity contribution in [3.63, 3.8) is 0 Å². The molecule has 1 aliphatic rings. The summed E-state index contributed by atoms with van der Waals surface area (Å²) in [6.45, 7) is -0.390. The monoisotopic (exact) mass is 408 g/mol. The zero-order chi connectivity index (χ0) is 18.2. The fourth-order valence-electron chi connectivity index (χ4n) is 2.50. The Labute approximate surface area is 148 Å². The van der Waals surface area contributed by atoms with E-state index in [9.17, 15) is 25.6 Å². The van der Waals surface area contributed by atoms with Crippen LogP contribution in [0.1, 0.15) is 0 Å². The first-order valence-corrected chi connectivity index (χ1v) is 11.0. The van der Waals surface area contributed by atoms with Gasteiger partial charge in [0.1, 0.15) is 20.7 Å². The molecule has 6 nitrogen and oxygen atoms in total. The minimum Gasteiger partial charge on any atom is -0.207 e. The van der Waals surface area contributed by atoms with Gasteiger partial charge in [0.15, 0.2) is 0 Å². The Bertz CT molecular complexity index is 968. The van der Waals surface area contributed by atoms with Gasteiger partial charge in [-0.3, -0.25) is 0 Å². The molecular weight excluding hydrogens is 394 g/mol. The van der Waals surface area contributed by atoms with Crippen LogP contribution in [0.15, 0.2) is 44.8 Å². The van der Waals surface area contributed by atoms with E-state index < -0.39 is 36.6 Å². The highest BCUT2D eigenvalue weighted by Crippen LogP contribution is 2.25. The minimum absolute atomic E-state index is 0.0591. The van der Waals surface area contributed by atoms with Crippen LogP contribution in [0.25, 0.3) is 0 Å². The number of benzene rings is 1. The number of rotatable bonds is 4. The first-order valence-electron chi connectivity index (χ1n) is 7.22. The molecule has 0 bridgehead atoms. The van der Waals surface area contributed by atoms with Crippen LogP contribution >= 0.6 is 11.3 Å². The number of nitrogens with zero attached hydrogens (tertiary/aromatic N) is 2. The van der Waals surface area contributed by atoms with Gasteiger partial charge in [0.2, 0.25) is 10.0 Å². The molecule has 0 unspecified atom stereocenters. The summed E-state index contributed by atoms with van der Waals surface area (Å²) in [6.07, 6.45) is 0. The maximum atomic E-state index is 13.8. The predicted octanol–water partition coefficient (Wildman–Crippen LogP) is 1.72. The van der Waals surface area contributed by atoms with Crippen molar-refractivity contribution in [3.8, 4) is 0 Å². The second kappa shape index (κ2) is 6.72. The molecule has 0 N–H and O–H groups in total. The van der Waals surface area contributed by atoms with E-state index in [1.165, 1.54) is 10.4 Å². The molecule has 0 amide bonds. The molecule has 0 atom stereocenters. The second-order valence-electron chi connectivity index (χ2n) is 5.32. The Morgan fingerprint density at radius 3 is 2.04 bits per heavy atom. The topological polar surface area (TPSA) is 74.8 Å². The standard InChI is InChI=1S/C14H14F2N2O4S3/c15-11-3-4-12(16)13(10-11)24(19,20)17-5-7-18(8-6-17)25(21,22)14-2-1-9-23-14/h1-4,9-10H,5-8H2. The summed E-state index contributed by atoms with van der Waals surface area (Å²) in [7, 11) is -7.91. The molecular formula is C14H14F2N2O4S3. The van der Waals surface area contributed by atoms with Crippen LogP contribution in [-0.4, -0.2) is 51.6 Å². The van der Waals surface area contributed by atoms with Gasteiger partial charge in [-0.1, -0.05) is 6.07 Å². The van der Waals surface area contributed by atoms with E-state index in [0.29, 0.717) is 6.07 Å². The van der Waals surface area contributed by atoms with E-state index in [2.05, 4.69) is 0 Å². The van der Waals surface area contributed by atoms with Crippen molar-refractivity contribution < 1.29 is 25.6 Å². The van der Waals surface area contributed by atoms with Crippen molar-refractivity contribution in [2.75, 3.05) is 26.2 Å². The van der Waals surface area contributed by atoms with E-state index >= 15 is 0 Å². The molecule has 136 valence electrons. The normalized spacial score (nSPS) is 17.7. The Kier molecular flexibility index (Phi) is 4.95. The average molecular weight is 408 g/mol. The van der Waals surface area contributed by atoms with Crippen LogP contribution in [0.4, 0.5) is 8.78 Å². The van der Waals surface area contributed by atoms with Gasteiger partial charge in [0.25, 0.3) is 10.0 Å². The van der Waals surface area contributed by atoms with Crippen LogP contribution < -0.4 is 0 Å². The summed E-state index contributed by atoms with van der Waals surface area (Å²) >= 11 is 1.08. The smallest absolute Gasteiger partial charge is 0.207 e. The summed E-state index contributed by atoms with van der Waals surface area (Å²) < 4.78 is 79.3. The molecule has 0 aliphatic carbocycles. The van der Waals surface area contributed by atoms with Crippen LogP contribution in [0.2, 0.25) is 0 Å². The average Bonchev–Trinajstić information content (AvgIpc) is 3.12. The Balaban J connectivity index is 1.79. The van der Waals surface area contributed by atoms with Crippen LogP contribution in [0.5, 0.6) is 0 Å². The molecule has 0 saturated carbocycles. The maximum absolute atomic E-state index is 13.8. The van der Waals surface area contributed by atoms with Crippen molar-refractivity contribution in [3.05, 3.63) is 47.3 Å². The molecule has 3 rings (SSSR count). The maximum Gasteiger partial charge on any atom is 0.252 e. The van der Waals surface area contributed by atoms with E-state index in [-0.39, 0.29) is 30.4 Å². The van der Waals surface area contributed by atoms with E-state index in [4.69, 9.17) is 0 Å². The number of hydrogen-bond donors (Lipinski definition) is 0. The lowest BCUT2D eigenvalue weighted by atomic mass is 10.3. The van der Waals surface area contributed by atoms with Crippen LogP contribution in [0, 0.1) is 11.6 Å². The van der Waals surface area contributed by atoms with Gasteiger partial charge in [-0.15, -0.1) is 11.3 Å². The van der Waals surface area contributed by atoms with E-state index in [1.807, 2.05) is 0 Å². The lowest BCUT2D eigenvalue weighted by molar-refractivity contribution is 0.272. The number of sulfonamides is 2. The Hall–Kier alpha value is -1.40. The molecule has 1 aliphatic heterocycles. The van der Waals surface area contributed by atoms with E-state index in [0.717, 1.165) is 27.8 Å². The summed E-state index contributed by atoms with van der Waals surface area (Å²) in [6, 6.07) is 5.30. The predicted molar refractivity (Wildman–Crippen MR) is 88.2 cm³/mol. The zero-order valence-electron chi connectivity index (χ0n) is 12.8. The Morgan fingerprint density at radius 2 is 1.48 bits per heavy atom. The highest BCUT2D eigenvalue weighted by atomic mass is 32.2. The third-order valence-electron chi connectivity index (χ3n) is 3.80. The molecule has 2 heterocycles. The molecule has 2 aromatic rings. The SMILES string of the molecule is O=S(=O)(c1cccs1)N1CCN(S(=O)(=O)c2cc(F)ccc2F)CC1. The number of thiophene rings is 1. The molecule has 0 radical (unpaired) electrons. The van der Waals surface area contributed by atoms with Gasteiger partial charge in [-0.25, -0.2) is 25.6 Å². The third kappa shape index (κ3) is 3.47. The first-order chi connectivity index (χ1) is 11.7. The highest BCUT2D eigenvalue weighted by Gasteiger charge is 2.35. The van der Waals surface area contributed by atoms with Gasteiger partial charge in [-0.05, 0) is 29.6 Å². The first kappa shape index (κ1) is 18.4. The lowest BCUT2D eigenvalue weighted by Gasteiger charge is -2.33.